The van der Waals surface area contributed by atoms with Crippen LogP contribution in [-0.2, 0) is 9.59 Å². The Morgan fingerprint density at radius 2 is 1.10 bits per heavy atom. The zero-order chi connectivity index (χ0) is 16.1. The van der Waals surface area contributed by atoms with Crippen LogP contribution < -0.4 is 10.6 Å². The van der Waals surface area contributed by atoms with E-state index in [1.165, 1.54) is 13.8 Å². The maximum absolute atomic E-state index is 13.3. The van der Waals surface area contributed by atoms with Gasteiger partial charge in [-0.1, -0.05) is 13.2 Å². The Bertz CT molecular complexity index is 393. The third-order valence-corrected chi connectivity index (χ3v) is 2.25. The van der Waals surface area contributed by atoms with Crippen LogP contribution in [0.15, 0.2) is 24.3 Å². The van der Waals surface area contributed by atoms with E-state index in [1.807, 2.05) is 0 Å². The Hall–Kier alpha value is -1.86. The number of alkyl halides is 4. The van der Waals surface area contributed by atoms with E-state index in [1.54, 1.807) is 10.6 Å². The Morgan fingerprint density at radius 1 is 0.850 bits per heavy atom. The summed E-state index contributed by atoms with van der Waals surface area (Å²) in [6.45, 7) is 5.75. The highest BCUT2D eigenvalue weighted by molar-refractivity contribution is 5.92. The average Bonchev–Trinajstić information content (AvgIpc) is 2.32. The zero-order valence-electron chi connectivity index (χ0n) is 11.2. The molecule has 0 radical (unpaired) electrons. The molecule has 0 rings (SSSR count). The largest absolute Gasteiger partial charge is 0.346 e. The Labute approximate surface area is 113 Å². The van der Waals surface area contributed by atoms with E-state index in [-0.39, 0.29) is 11.1 Å². The lowest BCUT2D eigenvalue weighted by Crippen LogP contribution is -2.54. The van der Waals surface area contributed by atoms with Crippen molar-refractivity contribution in [3.8, 4) is 0 Å². The number of amides is 2. The Balaban J connectivity index is 4.63. The fraction of sp³-hybridized carbons (Fsp3) is 0.500. The van der Waals surface area contributed by atoms with Gasteiger partial charge in [0.1, 0.15) is 0 Å². The molecule has 0 saturated heterocycles. The normalized spacial score (nSPS) is 11.7. The van der Waals surface area contributed by atoms with Crippen molar-refractivity contribution in [3.63, 3.8) is 0 Å². The van der Waals surface area contributed by atoms with Crippen LogP contribution in [0.25, 0.3) is 0 Å². The maximum atomic E-state index is 13.3. The van der Waals surface area contributed by atoms with Crippen LogP contribution in [0, 0.1) is 0 Å². The molecule has 2 amide bonds. The molecule has 0 aliphatic rings. The highest BCUT2D eigenvalue weighted by Crippen LogP contribution is 2.33. The number of hydrogen-bond acceptors (Lipinski definition) is 2. The second kappa shape index (κ2) is 6.53. The van der Waals surface area contributed by atoms with Crippen molar-refractivity contribution in [1.29, 1.82) is 0 Å². The summed E-state index contributed by atoms with van der Waals surface area (Å²) in [7, 11) is 0. The third kappa shape index (κ3) is 5.02. The van der Waals surface area contributed by atoms with Crippen LogP contribution in [-0.4, -0.2) is 36.7 Å². The molecule has 0 atom stereocenters. The summed E-state index contributed by atoms with van der Waals surface area (Å²) in [6.07, 6.45) is 0. The zero-order valence-corrected chi connectivity index (χ0v) is 11.2. The molecule has 4 nitrogen and oxygen atoms in total. The predicted octanol–water partition coefficient (Wildman–Crippen LogP) is 1.64. The summed E-state index contributed by atoms with van der Waals surface area (Å²) in [5.41, 5.74) is -0.167. The monoisotopic (exact) mass is 296 g/mol. The molecule has 0 aliphatic heterocycles. The average molecular weight is 296 g/mol. The SMILES string of the molecule is C=C(C)C(=O)NCC(F)(F)C(F)(F)CNC(=O)C(=C)C. The van der Waals surface area contributed by atoms with E-state index < -0.39 is 36.7 Å². The van der Waals surface area contributed by atoms with Gasteiger partial charge in [0.2, 0.25) is 11.8 Å². The van der Waals surface area contributed by atoms with E-state index >= 15 is 0 Å². The molecule has 8 heteroatoms. The van der Waals surface area contributed by atoms with Crippen molar-refractivity contribution in [2.24, 2.45) is 0 Å². The highest BCUT2D eigenvalue weighted by atomic mass is 19.3. The summed E-state index contributed by atoms with van der Waals surface area (Å²) < 4.78 is 53.2. The van der Waals surface area contributed by atoms with E-state index in [9.17, 15) is 27.2 Å². The standard InChI is InChI=1S/C12H16F4N2O2/c1-7(2)9(19)17-5-11(13,14)12(15,16)6-18-10(20)8(3)4/h1,3,5-6H2,2,4H3,(H,17,19)(H,18,20). The smallest absolute Gasteiger partial charge is 0.328 e. The van der Waals surface area contributed by atoms with Gasteiger partial charge in [0.15, 0.2) is 0 Å². The van der Waals surface area contributed by atoms with Gasteiger partial charge in [-0.2, -0.15) is 17.6 Å². The summed E-state index contributed by atoms with van der Waals surface area (Å²) >= 11 is 0. The van der Waals surface area contributed by atoms with Crippen LogP contribution in [0.2, 0.25) is 0 Å². The van der Waals surface area contributed by atoms with Crippen LogP contribution in [0.4, 0.5) is 17.6 Å². The van der Waals surface area contributed by atoms with Gasteiger partial charge < -0.3 is 10.6 Å². The predicted molar refractivity (Wildman–Crippen MR) is 65.5 cm³/mol. The molecule has 0 fully saturated rings. The maximum Gasteiger partial charge on any atom is 0.328 e. The van der Waals surface area contributed by atoms with Crippen LogP contribution >= 0.6 is 0 Å². The van der Waals surface area contributed by atoms with Crippen molar-refractivity contribution in [2.45, 2.75) is 25.7 Å². The van der Waals surface area contributed by atoms with Gasteiger partial charge >= 0.3 is 11.8 Å². The minimum absolute atomic E-state index is 0.0836. The number of hydrogen-bond donors (Lipinski definition) is 2. The molecule has 2 N–H and O–H groups in total. The van der Waals surface area contributed by atoms with E-state index in [0.717, 1.165) is 0 Å². The number of nitrogens with one attached hydrogen (secondary N) is 2. The first-order valence-electron chi connectivity index (χ1n) is 5.54. The van der Waals surface area contributed by atoms with Crippen molar-refractivity contribution >= 4 is 11.8 Å². The summed E-state index contributed by atoms with van der Waals surface area (Å²) in [4.78, 5) is 22.0. The van der Waals surface area contributed by atoms with E-state index in [0.29, 0.717) is 0 Å². The molecule has 0 heterocycles. The fourth-order valence-electron chi connectivity index (χ4n) is 0.943. The minimum atomic E-state index is -4.51. The molecule has 114 valence electrons. The van der Waals surface area contributed by atoms with Gasteiger partial charge in [0.05, 0.1) is 13.1 Å². The lowest BCUT2D eigenvalue weighted by Gasteiger charge is -2.27. The van der Waals surface area contributed by atoms with Gasteiger partial charge in [0.25, 0.3) is 0 Å². The van der Waals surface area contributed by atoms with Crippen LogP contribution in [0.3, 0.4) is 0 Å². The van der Waals surface area contributed by atoms with Gasteiger partial charge in [-0.15, -0.1) is 0 Å². The summed E-state index contributed by atoms with van der Waals surface area (Å²) in [6, 6.07) is 0. The number of carbonyl (C=O) groups is 2. The molecule has 0 unspecified atom stereocenters. The van der Waals surface area contributed by atoms with Crippen molar-refractivity contribution in [2.75, 3.05) is 13.1 Å². The molecule has 0 bridgehead atoms. The minimum Gasteiger partial charge on any atom is -0.346 e. The molecule has 20 heavy (non-hydrogen) atoms. The third-order valence-electron chi connectivity index (χ3n) is 2.25. The molecule has 0 aromatic rings. The second-order valence-corrected chi connectivity index (χ2v) is 4.33. The topological polar surface area (TPSA) is 58.2 Å². The van der Waals surface area contributed by atoms with Gasteiger partial charge in [-0.3, -0.25) is 9.59 Å². The van der Waals surface area contributed by atoms with Crippen molar-refractivity contribution in [3.05, 3.63) is 24.3 Å². The fourth-order valence-corrected chi connectivity index (χ4v) is 0.943. The lowest BCUT2D eigenvalue weighted by molar-refractivity contribution is -0.202. The Kier molecular flexibility index (Phi) is 5.93. The summed E-state index contributed by atoms with van der Waals surface area (Å²) in [5.74, 6) is -10.9. The van der Waals surface area contributed by atoms with Crippen LogP contribution in [0.1, 0.15) is 13.8 Å². The summed E-state index contributed by atoms with van der Waals surface area (Å²) in [5, 5.41) is 3.28. The number of rotatable bonds is 7. The first-order valence-corrected chi connectivity index (χ1v) is 5.54. The highest BCUT2D eigenvalue weighted by Gasteiger charge is 2.56. The molecule has 0 aromatic carbocycles. The molecule has 0 aliphatic carbocycles. The molecule has 0 spiro atoms. The van der Waals surface area contributed by atoms with Gasteiger partial charge in [-0.05, 0) is 13.8 Å². The van der Waals surface area contributed by atoms with Gasteiger partial charge in [-0.25, -0.2) is 0 Å². The molecule has 0 aromatic heterocycles. The number of halogens is 4. The lowest BCUT2D eigenvalue weighted by atomic mass is 10.1. The molecular formula is C12H16F4N2O2. The number of carbonyl (C=O) groups excluding carboxylic acids is 2. The van der Waals surface area contributed by atoms with Crippen LogP contribution in [0.5, 0.6) is 0 Å². The molecule has 0 saturated carbocycles. The van der Waals surface area contributed by atoms with Gasteiger partial charge in [0, 0.05) is 11.1 Å². The molecular weight excluding hydrogens is 280 g/mol. The van der Waals surface area contributed by atoms with E-state index in [2.05, 4.69) is 13.2 Å². The van der Waals surface area contributed by atoms with Crippen molar-refractivity contribution < 1.29 is 27.2 Å². The van der Waals surface area contributed by atoms with Crippen molar-refractivity contribution in [1.82, 2.24) is 10.6 Å². The Morgan fingerprint density at radius 3 is 1.30 bits per heavy atom. The first kappa shape index (κ1) is 18.1. The quantitative estimate of drug-likeness (QED) is 0.554. The second-order valence-electron chi connectivity index (χ2n) is 4.33. The van der Waals surface area contributed by atoms with E-state index in [4.69, 9.17) is 0 Å². The first-order chi connectivity index (χ1) is 8.90.